The summed E-state index contributed by atoms with van der Waals surface area (Å²) in [6, 6.07) is 0. The highest BCUT2D eigenvalue weighted by Crippen LogP contribution is 2.20. The van der Waals surface area contributed by atoms with Crippen molar-refractivity contribution in [2.75, 3.05) is 19.7 Å². The first-order valence-electron chi connectivity index (χ1n) is 7.10. The fourth-order valence-electron chi connectivity index (χ4n) is 2.45. The maximum atomic E-state index is 12.0. The Morgan fingerprint density at radius 1 is 1.50 bits per heavy atom. The number of aromatic nitrogens is 2. The van der Waals surface area contributed by atoms with E-state index < -0.39 is 0 Å². The third kappa shape index (κ3) is 4.04. The molecule has 1 aromatic heterocycles. The molecule has 0 atom stereocenters. The minimum absolute atomic E-state index is 0.142. The van der Waals surface area contributed by atoms with E-state index in [4.69, 9.17) is 16.3 Å². The van der Waals surface area contributed by atoms with Crippen LogP contribution in [0.15, 0.2) is 0 Å². The van der Waals surface area contributed by atoms with Gasteiger partial charge in [-0.25, -0.2) is 0 Å². The fraction of sp³-hybridized carbons (Fsp3) is 0.714. The van der Waals surface area contributed by atoms with Crippen molar-refractivity contribution < 1.29 is 9.53 Å². The van der Waals surface area contributed by atoms with Gasteiger partial charge in [0.2, 0.25) is 0 Å². The average molecular weight is 300 g/mol. The molecule has 2 rings (SSSR count). The van der Waals surface area contributed by atoms with Gasteiger partial charge in [-0.05, 0) is 32.9 Å². The molecular formula is C14H22ClN3O2. The van der Waals surface area contributed by atoms with Gasteiger partial charge >= 0.3 is 0 Å². The molecule has 1 aromatic rings. The summed E-state index contributed by atoms with van der Waals surface area (Å²) in [5.41, 5.74) is 1.55. The number of nitrogens with one attached hydrogen (secondary N) is 1. The van der Waals surface area contributed by atoms with E-state index in [1.54, 1.807) is 4.68 Å². The average Bonchev–Trinajstić information content (AvgIpc) is 2.67. The molecule has 112 valence electrons. The van der Waals surface area contributed by atoms with E-state index in [0.717, 1.165) is 37.3 Å². The summed E-state index contributed by atoms with van der Waals surface area (Å²) in [5, 5.41) is 8.10. The lowest BCUT2D eigenvalue weighted by atomic mass is 10.1. The molecule has 2 heterocycles. The summed E-state index contributed by atoms with van der Waals surface area (Å²) in [4.78, 5) is 12.0. The summed E-state index contributed by atoms with van der Waals surface area (Å²) in [6.45, 7) is 4.35. The van der Waals surface area contributed by atoms with Gasteiger partial charge < -0.3 is 10.1 Å². The van der Waals surface area contributed by atoms with Crippen molar-refractivity contribution in [1.82, 2.24) is 15.1 Å². The predicted octanol–water partition coefficient (Wildman–Crippen LogP) is 1.65. The Morgan fingerprint density at radius 3 is 2.80 bits per heavy atom. The molecule has 1 aliphatic rings. The largest absolute Gasteiger partial charge is 0.378 e. The number of ether oxygens (including phenoxy) is 1. The Labute approximate surface area is 124 Å². The number of carbonyl (C=O) groups excluding carboxylic acids is 1. The second kappa shape index (κ2) is 7.20. The number of hydrogen-bond donors (Lipinski definition) is 1. The van der Waals surface area contributed by atoms with Gasteiger partial charge in [-0.3, -0.25) is 9.48 Å². The lowest BCUT2D eigenvalue weighted by molar-refractivity contribution is -0.120. The fourth-order valence-corrected chi connectivity index (χ4v) is 2.68. The van der Waals surface area contributed by atoms with Crippen LogP contribution in [-0.2, 0) is 23.0 Å². The molecular weight excluding hydrogens is 278 g/mol. The van der Waals surface area contributed by atoms with Crippen molar-refractivity contribution in [3.05, 3.63) is 16.4 Å². The molecule has 0 unspecified atom stereocenters. The summed E-state index contributed by atoms with van der Waals surface area (Å²) < 4.78 is 7.42. The zero-order chi connectivity index (χ0) is 14.5. The topological polar surface area (TPSA) is 56.2 Å². The highest BCUT2D eigenvalue weighted by Gasteiger charge is 2.16. The van der Waals surface area contributed by atoms with Crippen molar-refractivity contribution in [3.8, 4) is 0 Å². The third-order valence-electron chi connectivity index (χ3n) is 3.65. The highest BCUT2D eigenvalue weighted by molar-refractivity contribution is 6.32. The van der Waals surface area contributed by atoms with Crippen LogP contribution in [0.5, 0.6) is 0 Å². The lowest BCUT2D eigenvalue weighted by Gasteiger charge is -2.22. The molecule has 1 fully saturated rings. The molecule has 1 N–H and O–H groups in total. The molecule has 1 saturated heterocycles. The lowest BCUT2D eigenvalue weighted by Crippen LogP contribution is -2.32. The summed E-state index contributed by atoms with van der Waals surface area (Å²) >= 11 is 6.14. The third-order valence-corrected chi connectivity index (χ3v) is 4.14. The molecule has 0 aliphatic carbocycles. The quantitative estimate of drug-likeness (QED) is 0.868. The summed E-state index contributed by atoms with van der Waals surface area (Å²) in [6.07, 6.45) is 3.12. The van der Waals surface area contributed by atoms with E-state index in [9.17, 15) is 4.79 Å². The van der Waals surface area contributed by atoms with Crippen LogP contribution in [0.2, 0.25) is 5.02 Å². The number of hydrogen-bond acceptors (Lipinski definition) is 4. The molecule has 20 heavy (non-hydrogen) atoms. The molecule has 0 radical (unpaired) electrons. The first-order valence-corrected chi connectivity index (χ1v) is 7.47. The Bertz CT molecular complexity index is 467. The van der Waals surface area contributed by atoms with E-state index >= 15 is 0 Å². The number of nitrogens with zero attached hydrogens (tertiary/aromatic N) is 2. The second-order valence-corrected chi connectivity index (χ2v) is 5.63. The molecule has 0 amide bonds. The number of carbonyl (C=O) groups is 1. The molecule has 1 aliphatic heterocycles. The molecule has 6 heteroatoms. The van der Waals surface area contributed by atoms with Crippen LogP contribution in [0.25, 0.3) is 0 Å². The van der Waals surface area contributed by atoms with Crippen molar-refractivity contribution in [1.29, 1.82) is 0 Å². The smallest absolute Gasteiger partial charge is 0.141 e. The summed E-state index contributed by atoms with van der Waals surface area (Å²) in [5.74, 6) is 0.142. The SMILES string of the molecule is Cc1nn(C)c(CC(=O)CCOC2CCNCC2)c1Cl. The molecule has 0 bridgehead atoms. The maximum absolute atomic E-state index is 12.0. The van der Waals surface area contributed by atoms with Crippen LogP contribution in [-0.4, -0.2) is 41.4 Å². The first kappa shape index (κ1) is 15.5. The minimum Gasteiger partial charge on any atom is -0.378 e. The van der Waals surface area contributed by atoms with Crippen LogP contribution in [0.3, 0.4) is 0 Å². The van der Waals surface area contributed by atoms with Crippen molar-refractivity contribution >= 4 is 17.4 Å². The maximum Gasteiger partial charge on any atom is 0.141 e. The Morgan fingerprint density at radius 2 is 2.20 bits per heavy atom. The predicted molar refractivity (Wildman–Crippen MR) is 78.1 cm³/mol. The monoisotopic (exact) mass is 299 g/mol. The van der Waals surface area contributed by atoms with Crippen molar-refractivity contribution in [2.24, 2.45) is 7.05 Å². The van der Waals surface area contributed by atoms with Crippen molar-refractivity contribution in [3.63, 3.8) is 0 Å². The number of halogens is 1. The molecule has 5 nitrogen and oxygen atoms in total. The van der Waals surface area contributed by atoms with Gasteiger partial charge in [0.05, 0.1) is 29.1 Å². The van der Waals surface area contributed by atoms with Gasteiger partial charge in [-0.2, -0.15) is 5.10 Å². The van der Waals surface area contributed by atoms with Gasteiger partial charge in [-0.15, -0.1) is 0 Å². The van der Waals surface area contributed by atoms with E-state index in [2.05, 4.69) is 10.4 Å². The number of Topliss-reactive ketones (excluding diaryl/α,β-unsaturated/α-hetero) is 1. The van der Waals surface area contributed by atoms with Crippen LogP contribution >= 0.6 is 11.6 Å². The number of ketones is 1. The first-order chi connectivity index (χ1) is 9.58. The van der Waals surface area contributed by atoms with Crippen LogP contribution in [0.1, 0.15) is 30.7 Å². The number of rotatable bonds is 6. The second-order valence-electron chi connectivity index (χ2n) is 5.26. The molecule has 0 aromatic carbocycles. The van der Waals surface area contributed by atoms with Gasteiger partial charge in [-0.1, -0.05) is 11.6 Å². The standard InChI is InChI=1S/C14H22ClN3O2/c1-10-14(15)13(18(2)17-10)9-11(19)5-8-20-12-3-6-16-7-4-12/h12,16H,3-9H2,1-2H3. The zero-order valence-corrected chi connectivity index (χ0v) is 12.9. The van der Waals surface area contributed by atoms with Gasteiger partial charge in [0.1, 0.15) is 5.78 Å². The highest BCUT2D eigenvalue weighted by atomic mass is 35.5. The van der Waals surface area contributed by atoms with E-state index in [1.165, 1.54) is 0 Å². The Balaban J connectivity index is 1.75. The van der Waals surface area contributed by atoms with Crippen LogP contribution in [0.4, 0.5) is 0 Å². The van der Waals surface area contributed by atoms with Crippen LogP contribution < -0.4 is 5.32 Å². The van der Waals surface area contributed by atoms with E-state index in [1.807, 2.05) is 14.0 Å². The molecule has 0 saturated carbocycles. The van der Waals surface area contributed by atoms with Gasteiger partial charge in [0.15, 0.2) is 0 Å². The van der Waals surface area contributed by atoms with Crippen LogP contribution in [0, 0.1) is 6.92 Å². The zero-order valence-electron chi connectivity index (χ0n) is 12.1. The Hall–Kier alpha value is -0.910. The molecule has 0 spiro atoms. The van der Waals surface area contributed by atoms with E-state index in [0.29, 0.717) is 30.6 Å². The van der Waals surface area contributed by atoms with Crippen molar-refractivity contribution in [2.45, 2.75) is 38.7 Å². The van der Waals surface area contributed by atoms with E-state index in [-0.39, 0.29) is 5.78 Å². The summed E-state index contributed by atoms with van der Waals surface area (Å²) in [7, 11) is 1.81. The van der Waals surface area contributed by atoms with Gasteiger partial charge in [0.25, 0.3) is 0 Å². The number of aryl methyl sites for hydroxylation is 2. The van der Waals surface area contributed by atoms with Gasteiger partial charge in [0, 0.05) is 19.9 Å². The normalized spacial score (nSPS) is 16.6. The minimum atomic E-state index is 0.142. The Kier molecular flexibility index (Phi) is 5.57. The number of piperidine rings is 1.